The molecule has 4 aromatic rings. The van der Waals surface area contributed by atoms with E-state index >= 15 is 0 Å². The summed E-state index contributed by atoms with van der Waals surface area (Å²) in [6, 6.07) is 16.4. The van der Waals surface area contributed by atoms with Gasteiger partial charge in [-0.3, -0.25) is 9.59 Å². The lowest BCUT2D eigenvalue weighted by Gasteiger charge is -2.36. The summed E-state index contributed by atoms with van der Waals surface area (Å²) < 4.78 is 5.35. The van der Waals surface area contributed by atoms with Crippen molar-refractivity contribution in [3.05, 3.63) is 72.6 Å². The monoisotopic (exact) mass is 666 g/mol. The van der Waals surface area contributed by atoms with Crippen LogP contribution in [0.2, 0.25) is 0 Å². The lowest BCUT2D eigenvalue weighted by Crippen LogP contribution is -2.53. The zero-order chi connectivity index (χ0) is 34.7. The highest BCUT2D eigenvalue weighted by molar-refractivity contribution is 5.88. The molecule has 5 N–H and O–H groups in total. The number of aromatic amines is 2. The third-order valence-electron chi connectivity index (χ3n) is 10.00. The van der Waals surface area contributed by atoms with Gasteiger partial charge in [0, 0.05) is 19.0 Å². The normalized spacial score (nSPS) is 19.0. The molecule has 12 nitrogen and oxygen atoms in total. The Kier molecular flexibility index (Phi) is 9.86. The topological polar surface area (TPSA) is 162 Å². The number of amides is 3. The van der Waals surface area contributed by atoms with E-state index in [4.69, 9.17) is 10.5 Å². The maximum atomic E-state index is 13.6. The average Bonchev–Trinajstić information content (AvgIpc) is 3.93. The number of nitrogens with one attached hydrogen (secondary N) is 3. The first-order valence-corrected chi connectivity index (χ1v) is 17.2. The molecule has 2 fully saturated rings. The molecule has 2 saturated heterocycles. The summed E-state index contributed by atoms with van der Waals surface area (Å²) in [5.41, 5.74) is 9.92. The Balaban J connectivity index is 1.12. The molecule has 2 aromatic heterocycles. The Morgan fingerprint density at radius 2 is 1.33 bits per heavy atom. The minimum atomic E-state index is -1.36. The molecule has 4 heterocycles. The largest absolute Gasteiger partial charge is 0.433 e. The van der Waals surface area contributed by atoms with Crippen molar-refractivity contribution in [3.8, 4) is 33.6 Å². The number of carbonyl (C=O) groups is 3. The van der Waals surface area contributed by atoms with Gasteiger partial charge in [-0.2, -0.15) is 0 Å². The van der Waals surface area contributed by atoms with E-state index < -0.39 is 11.7 Å². The second-order valence-corrected chi connectivity index (χ2v) is 13.4. The van der Waals surface area contributed by atoms with Crippen molar-refractivity contribution >= 4 is 17.9 Å². The Hall–Kier alpha value is -4.97. The van der Waals surface area contributed by atoms with Crippen molar-refractivity contribution in [2.24, 2.45) is 11.7 Å². The molecule has 3 amide bonds. The fourth-order valence-electron chi connectivity index (χ4n) is 6.87. The molecule has 2 aliphatic heterocycles. The van der Waals surface area contributed by atoms with Gasteiger partial charge in [0.25, 0.3) is 5.91 Å². The van der Waals surface area contributed by atoms with Crippen LogP contribution >= 0.6 is 0 Å². The molecule has 0 spiro atoms. The number of rotatable bonds is 11. The molecule has 258 valence electrons. The first kappa shape index (κ1) is 33.9. The van der Waals surface area contributed by atoms with Crippen LogP contribution in [0.3, 0.4) is 0 Å². The van der Waals surface area contributed by atoms with Gasteiger partial charge in [0.05, 0.1) is 42.4 Å². The minimum Gasteiger partial charge on any atom is -0.433 e. The van der Waals surface area contributed by atoms with Crippen molar-refractivity contribution in [1.82, 2.24) is 35.1 Å². The van der Waals surface area contributed by atoms with Crippen LogP contribution in [0, 0.1) is 5.92 Å². The number of likely N-dealkylation sites (N-methyl/N-ethyl adjacent to an activating group) is 1. The third kappa shape index (κ3) is 6.96. The quantitative estimate of drug-likeness (QED) is 0.162. The summed E-state index contributed by atoms with van der Waals surface area (Å²) in [4.78, 5) is 57.8. The van der Waals surface area contributed by atoms with E-state index in [1.165, 1.54) is 0 Å². The highest BCUT2D eigenvalue weighted by Crippen LogP contribution is 2.37. The number of benzene rings is 2. The van der Waals surface area contributed by atoms with Gasteiger partial charge in [0.2, 0.25) is 5.91 Å². The third-order valence-corrected chi connectivity index (χ3v) is 10.00. The summed E-state index contributed by atoms with van der Waals surface area (Å²) in [6.07, 6.45) is 6.14. The zero-order valence-electron chi connectivity index (χ0n) is 28.7. The van der Waals surface area contributed by atoms with Crippen LogP contribution in [-0.2, 0) is 14.3 Å². The summed E-state index contributed by atoms with van der Waals surface area (Å²) >= 11 is 0. The van der Waals surface area contributed by atoms with E-state index in [1.807, 2.05) is 31.9 Å². The molecule has 49 heavy (non-hydrogen) atoms. The molecule has 0 unspecified atom stereocenters. The molecule has 3 atom stereocenters. The van der Waals surface area contributed by atoms with Crippen molar-refractivity contribution < 1.29 is 19.1 Å². The highest BCUT2D eigenvalue weighted by Gasteiger charge is 2.47. The van der Waals surface area contributed by atoms with Crippen LogP contribution in [0.1, 0.15) is 77.1 Å². The van der Waals surface area contributed by atoms with Gasteiger partial charge in [0.1, 0.15) is 11.6 Å². The Morgan fingerprint density at radius 3 is 1.80 bits per heavy atom. The Morgan fingerprint density at radius 1 is 0.857 bits per heavy atom. The first-order valence-electron chi connectivity index (χ1n) is 17.2. The highest BCUT2D eigenvalue weighted by atomic mass is 16.6. The van der Waals surface area contributed by atoms with Crippen LogP contribution in [0.25, 0.3) is 33.6 Å². The van der Waals surface area contributed by atoms with Crippen LogP contribution in [0.15, 0.2) is 60.9 Å². The minimum absolute atomic E-state index is 0.0215. The number of aromatic nitrogens is 4. The number of imidazole rings is 2. The summed E-state index contributed by atoms with van der Waals surface area (Å²) in [5.74, 6) is 1.12. The number of ether oxygens (including phenoxy) is 1. The summed E-state index contributed by atoms with van der Waals surface area (Å²) in [5, 5.41) is 3.13. The van der Waals surface area contributed by atoms with Crippen molar-refractivity contribution in [3.63, 3.8) is 0 Å². The van der Waals surface area contributed by atoms with Gasteiger partial charge in [0.15, 0.2) is 5.60 Å². The van der Waals surface area contributed by atoms with Gasteiger partial charge >= 0.3 is 6.09 Å². The fourth-order valence-corrected chi connectivity index (χ4v) is 6.87. The SMILES string of the molecule is CCNCC(=O)N1CCC[C@H]1c1ncc(-c2ccc(-c3ccc(-c4cnc([C@@H]5CCCN5C(=O)[C@@](C)(OC(N)=O)C(C)C)[nH]4)cc3)cc2)[nH]1. The van der Waals surface area contributed by atoms with Crippen molar-refractivity contribution in [1.29, 1.82) is 0 Å². The van der Waals surface area contributed by atoms with Gasteiger partial charge in [-0.05, 0) is 61.4 Å². The number of hydrogen-bond acceptors (Lipinski definition) is 7. The molecule has 2 aliphatic rings. The van der Waals surface area contributed by atoms with Gasteiger partial charge in [-0.1, -0.05) is 69.3 Å². The first-order chi connectivity index (χ1) is 23.6. The standard InChI is InChI=1S/C37H46N8O4/c1-5-39-22-32(46)44-18-6-8-30(44)33-40-20-28(42-33)26-14-10-24(11-15-26)25-12-16-27(17-13-25)29-21-41-34(43-29)31-9-7-19-45(31)35(47)37(4,23(2)3)49-36(38)48/h10-17,20-21,23,30-31,39H,5-9,18-19,22H2,1-4H3,(H2,38,48)(H,40,42)(H,41,43)/t30-,31-,37-/m0/s1. The molecule has 0 radical (unpaired) electrons. The van der Waals surface area contributed by atoms with Gasteiger partial charge in [-0.25, -0.2) is 14.8 Å². The maximum absolute atomic E-state index is 13.6. The van der Waals surface area contributed by atoms with Gasteiger partial charge in [-0.15, -0.1) is 0 Å². The lowest BCUT2D eigenvalue weighted by atomic mass is 9.90. The molecular weight excluding hydrogens is 620 g/mol. The molecule has 0 saturated carbocycles. The van der Waals surface area contributed by atoms with Crippen LogP contribution in [-0.4, -0.2) is 79.4 Å². The van der Waals surface area contributed by atoms with E-state index in [1.54, 1.807) is 18.0 Å². The van der Waals surface area contributed by atoms with E-state index in [-0.39, 0.29) is 29.8 Å². The number of primary amides is 1. The average molecular weight is 667 g/mol. The maximum Gasteiger partial charge on any atom is 0.405 e. The summed E-state index contributed by atoms with van der Waals surface area (Å²) in [6.45, 7) is 9.72. The van der Waals surface area contributed by atoms with Gasteiger partial charge < -0.3 is 35.6 Å². The number of H-pyrrole nitrogens is 2. The van der Waals surface area contributed by atoms with E-state index in [0.717, 1.165) is 78.2 Å². The number of nitrogens with two attached hydrogens (primary N) is 1. The lowest BCUT2D eigenvalue weighted by molar-refractivity contribution is -0.155. The molecule has 0 aliphatic carbocycles. The van der Waals surface area contributed by atoms with E-state index in [0.29, 0.717) is 18.9 Å². The van der Waals surface area contributed by atoms with Crippen molar-refractivity contribution in [2.45, 2.75) is 71.1 Å². The Labute approximate surface area is 286 Å². The predicted octanol–water partition coefficient (Wildman–Crippen LogP) is 5.58. The number of carbonyl (C=O) groups excluding carboxylic acids is 3. The van der Waals surface area contributed by atoms with E-state index in [2.05, 4.69) is 73.8 Å². The Bertz CT molecular complexity index is 1780. The second-order valence-electron chi connectivity index (χ2n) is 13.4. The molecule has 2 aromatic carbocycles. The van der Waals surface area contributed by atoms with E-state index in [9.17, 15) is 14.4 Å². The fraction of sp³-hybridized carbons (Fsp3) is 0.432. The smallest absolute Gasteiger partial charge is 0.405 e. The number of hydrogen-bond donors (Lipinski definition) is 4. The molecular formula is C37H46N8O4. The molecule has 0 bridgehead atoms. The van der Waals surface area contributed by atoms with Crippen LogP contribution in [0.5, 0.6) is 0 Å². The summed E-state index contributed by atoms with van der Waals surface area (Å²) in [7, 11) is 0. The molecule has 6 rings (SSSR count). The number of likely N-dealkylation sites (tertiary alicyclic amines) is 2. The van der Waals surface area contributed by atoms with Crippen LogP contribution < -0.4 is 11.1 Å². The predicted molar refractivity (Wildman–Crippen MR) is 187 cm³/mol. The van der Waals surface area contributed by atoms with Crippen LogP contribution in [0.4, 0.5) is 4.79 Å². The van der Waals surface area contributed by atoms with Crippen molar-refractivity contribution in [2.75, 3.05) is 26.2 Å². The zero-order valence-corrected chi connectivity index (χ0v) is 28.7. The number of nitrogens with zero attached hydrogens (tertiary/aromatic N) is 4. The molecule has 12 heteroatoms. The second kappa shape index (κ2) is 14.3.